The van der Waals surface area contributed by atoms with Gasteiger partial charge in [0.05, 0.1) is 6.04 Å². The van der Waals surface area contributed by atoms with Crippen molar-refractivity contribution < 1.29 is 27.2 Å². The van der Waals surface area contributed by atoms with E-state index in [0.29, 0.717) is 5.82 Å². The summed E-state index contributed by atoms with van der Waals surface area (Å²) < 4.78 is 50.4. The molecule has 3 aromatic heterocycles. The fraction of sp³-hybridized carbons (Fsp3) is 0.412. The summed E-state index contributed by atoms with van der Waals surface area (Å²) >= 11 is 0. The number of hydrogen-bond acceptors (Lipinski definition) is 8. The predicted octanol–water partition coefficient (Wildman–Crippen LogP) is 1.86. The van der Waals surface area contributed by atoms with Crippen molar-refractivity contribution in [3.63, 3.8) is 0 Å². The summed E-state index contributed by atoms with van der Waals surface area (Å²) in [6, 6.07) is 2.78. The van der Waals surface area contributed by atoms with Crippen LogP contribution in [0.1, 0.15) is 30.5 Å². The molecule has 0 spiro atoms. The van der Waals surface area contributed by atoms with Gasteiger partial charge in [0.15, 0.2) is 5.82 Å². The number of fused-ring (bicyclic) bond motifs is 1. The van der Waals surface area contributed by atoms with Gasteiger partial charge in [-0.05, 0) is 19.1 Å². The molecule has 1 aliphatic heterocycles. The Hall–Kier alpha value is -3.35. The lowest BCUT2D eigenvalue weighted by molar-refractivity contribution is -0.148. The van der Waals surface area contributed by atoms with Gasteiger partial charge in [0.25, 0.3) is 5.89 Å². The summed E-state index contributed by atoms with van der Waals surface area (Å²) in [5.41, 5.74) is 0.723. The van der Waals surface area contributed by atoms with Crippen LogP contribution in [0, 0.1) is 0 Å². The van der Waals surface area contributed by atoms with Gasteiger partial charge in [-0.2, -0.15) is 18.2 Å². The molecule has 0 radical (unpaired) electrons. The van der Waals surface area contributed by atoms with E-state index in [9.17, 15) is 18.0 Å². The van der Waals surface area contributed by atoms with E-state index >= 15 is 0 Å². The molecule has 158 valence electrons. The van der Waals surface area contributed by atoms with E-state index in [0.717, 1.165) is 10.1 Å². The van der Waals surface area contributed by atoms with E-state index in [1.165, 1.54) is 4.90 Å². The van der Waals surface area contributed by atoms with Gasteiger partial charge in [0, 0.05) is 31.0 Å². The lowest BCUT2D eigenvalue weighted by Gasteiger charge is -2.33. The minimum Gasteiger partial charge on any atom is -0.362 e. The van der Waals surface area contributed by atoms with E-state index in [1.807, 2.05) is 0 Å². The van der Waals surface area contributed by atoms with Crippen LogP contribution in [0.4, 0.5) is 13.2 Å². The van der Waals surface area contributed by atoms with Crippen LogP contribution in [-0.2, 0) is 28.9 Å². The third-order valence-corrected chi connectivity index (χ3v) is 4.62. The number of halogens is 3. The average molecular weight is 423 g/mol. The van der Waals surface area contributed by atoms with Gasteiger partial charge >= 0.3 is 6.18 Å². The molecule has 0 fully saturated rings. The molecule has 0 bridgehead atoms. The molecule has 4 rings (SSSR count). The zero-order valence-electron chi connectivity index (χ0n) is 15.7. The van der Waals surface area contributed by atoms with Crippen molar-refractivity contribution in [3.8, 4) is 11.4 Å². The number of aromatic nitrogens is 6. The van der Waals surface area contributed by atoms with Gasteiger partial charge in [-0.3, -0.25) is 9.78 Å². The summed E-state index contributed by atoms with van der Waals surface area (Å²) in [4.78, 5) is 22.0. The van der Waals surface area contributed by atoms with E-state index in [4.69, 9.17) is 9.26 Å². The second-order valence-electron chi connectivity index (χ2n) is 6.53. The van der Waals surface area contributed by atoms with Crippen LogP contribution in [0.15, 0.2) is 29.0 Å². The molecule has 0 aromatic carbocycles. The third kappa shape index (κ3) is 3.87. The van der Waals surface area contributed by atoms with Crippen molar-refractivity contribution in [2.75, 3.05) is 13.2 Å². The van der Waals surface area contributed by atoms with Crippen LogP contribution < -0.4 is 0 Å². The Labute approximate surface area is 167 Å². The van der Waals surface area contributed by atoms with Gasteiger partial charge < -0.3 is 18.7 Å². The zero-order valence-corrected chi connectivity index (χ0v) is 15.7. The van der Waals surface area contributed by atoms with Crippen LogP contribution >= 0.6 is 0 Å². The number of hydrogen-bond donors (Lipinski definition) is 0. The van der Waals surface area contributed by atoms with Gasteiger partial charge in [0.2, 0.25) is 17.6 Å². The van der Waals surface area contributed by atoms with Gasteiger partial charge in [-0.25, -0.2) is 0 Å². The summed E-state index contributed by atoms with van der Waals surface area (Å²) in [5.74, 6) is -0.809. The summed E-state index contributed by atoms with van der Waals surface area (Å²) in [5, 5.41) is 10.7. The molecule has 0 saturated heterocycles. The van der Waals surface area contributed by atoms with Gasteiger partial charge in [-0.1, -0.05) is 5.16 Å². The highest BCUT2D eigenvalue weighted by Gasteiger charge is 2.41. The van der Waals surface area contributed by atoms with Crippen LogP contribution in [0.2, 0.25) is 0 Å². The molecule has 10 nitrogen and oxygen atoms in total. The standard InChI is InChI=1S/C17H16F3N7O3/c1-10-15-23-24-16(17(18,19)20)27(15)7-6-26(10)13(28)9-29-8-12-22-14(25-30-12)11-2-4-21-5-3-11/h2-5,10H,6-9H2,1H3. The van der Waals surface area contributed by atoms with E-state index in [-0.39, 0.29) is 43.9 Å². The Bertz CT molecular complexity index is 1030. The number of nitrogens with zero attached hydrogens (tertiary/aromatic N) is 7. The second-order valence-corrected chi connectivity index (χ2v) is 6.53. The first kappa shape index (κ1) is 19.9. The SMILES string of the molecule is CC1c2nnc(C(F)(F)F)n2CCN1C(=O)COCc1nc(-c2ccncc2)no1. The molecular weight excluding hydrogens is 407 g/mol. The fourth-order valence-electron chi connectivity index (χ4n) is 3.18. The Balaban J connectivity index is 1.34. The van der Waals surface area contributed by atoms with Crippen LogP contribution in [0.3, 0.4) is 0 Å². The maximum absolute atomic E-state index is 13.0. The van der Waals surface area contributed by atoms with Crippen molar-refractivity contribution >= 4 is 5.91 Å². The van der Waals surface area contributed by atoms with E-state index in [2.05, 4.69) is 25.3 Å². The maximum Gasteiger partial charge on any atom is 0.451 e. The minimum atomic E-state index is -4.60. The maximum atomic E-state index is 13.0. The number of carbonyl (C=O) groups is 1. The minimum absolute atomic E-state index is 0.0494. The second kappa shape index (κ2) is 7.82. The number of rotatable bonds is 5. The Morgan fingerprint density at radius 3 is 2.77 bits per heavy atom. The molecule has 1 amide bonds. The van der Waals surface area contributed by atoms with Crippen LogP contribution in [0.5, 0.6) is 0 Å². The fourth-order valence-corrected chi connectivity index (χ4v) is 3.18. The molecule has 3 aromatic rings. The first-order valence-corrected chi connectivity index (χ1v) is 8.95. The highest BCUT2D eigenvalue weighted by atomic mass is 19.4. The quantitative estimate of drug-likeness (QED) is 0.611. The van der Waals surface area contributed by atoms with Crippen LogP contribution in [0.25, 0.3) is 11.4 Å². The first-order chi connectivity index (χ1) is 14.3. The Morgan fingerprint density at radius 1 is 1.27 bits per heavy atom. The van der Waals surface area contributed by atoms with Crippen molar-refractivity contribution in [2.24, 2.45) is 0 Å². The molecule has 1 unspecified atom stereocenters. The van der Waals surface area contributed by atoms with E-state index in [1.54, 1.807) is 31.5 Å². The summed E-state index contributed by atoms with van der Waals surface area (Å²) in [6.07, 6.45) is -1.41. The van der Waals surface area contributed by atoms with Gasteiger partial charge in [0.1, 0.15) is 13.2 Å². The lowest BCUT2D eigenvalue weighted by Crippen LogP contribution is -2.43. The largest absolute Gasteiger partial charge is 0.451 e. The third-order valence-electron chi connectivity index (χ3n) is 4.62. The monoisotopic (exact) mass is 423 g/mol. The highest BCUT2D eigenvalue weighted by molar-refractivity contribution is 5.78. The average Bonchev–Trinajstić information content (AvgIpc) is 3.36. The smallest absolute Gasteiger partial charge is 0.362 e. The topological polar surface area (TPSA) is 112 Å². The summed E-state index contributed by atoms with van der Waals surface area (Å²) in [7, 11) is 0. The lowest BCUT2D eigenvalue weighted by atomic mass is 10.2. The molecule has 30 heavy (non-hydrogen) atoms. The summed E-state index contributed by atoms with van der Waals surface area (Å²) in [6.45, 7) is 1.26. The molecule has 0 saturated carbocycles. The molecule has 0 N–H and O–H groups in total. The van der Waals surface area contributed by atoms with Crippen molar-refractivity contribution in [3.05, 3.63) is 42.1 Å². The Morgan fingerprint density at radius 2 is 2.03 bits per heavy atom. The Kier molecular flexibility index (Phi) is 5.20. The normalized spacial score (nSPS) is 16.5. The molecule has 4 heterocycles. The molecule has 1 aliphatic rings. The van der Waals surface area contributed by atoms with Crippen LogP contribution in [-0.4, -0.2) is 53.8 Å². The number of pyridine rings is 1. The number of amides is 1. The van der Waals surface area contributed by atoms with Crippen molar-refractivity contribution in [1.82, 2.24) is 34.8 Å². The molecular formula is C17H16F3N7O3. The number of carbonyl (C=O) groups excluding carboxylic acids is 1. The van der Waals surface area contributed by atoms with E-state index < -0.39 is 18.0 Å². The van der Waals surface area contributed by atoms with Gasteiger partial charge in [-0.15, -0.1) is 10.2 Å². The van der Waals surface area contributed by atoms with Crippen molar-refractivity contribution in [1.29, 1.82) is 0 Å². The molecule has 1 atom stereocenters. The van der Waals surface area contributed by atoms with Crippen molar-refractivity contribution in [2.45, 2.75) is 32.3 Å². The first-order valence-electron chi connectivity index (χ1n) is 8.95. The molecule has 13 heteroatoms. The molecule has 0 aliphatic carbocycles. The number of ether oxygens (including phenoxy) is 1. The zero-order chi connectivity index (χ0) is 21.3. The predicted molar refractivity (Wildman–Crippen MR) is 92.3 cm³/mol. The number of alkyl halides is 3. The highest BCUT2D eigenvalue weighted by Crippen LogP contribution is 2.32.